The van der Waals surface area contributed by atoms with Gasteiger partial charge in [0.1, 0.15) is 0 Å². The van der Waals surface area contributed by atoms with E-state index in [4.69, 9.17) is 0 Å². The first-order valence-corrected chi connectivity index (χ1v) is 4.24. The maximum Gasteiger partial charge on any atom is 1.00 e. The molecule has 0 atom stereocenters. The van der Waals surface area contributed by atoms with E-state index in [2.05, 4.69) is 0 Å². The molecule has 0 unspecified atom stereocenters. The SMILES string of the molecule is CC(C)(C)c1ccccc1C(=O)[O-].[K+]. The molecule has 14 heavy (non-hydrogen) atoms. The first-order chi connectivity index (χ1) is 5.93. The van der Waals surface area contributed by atoms with Gasteiger partial charge in [0.25, 0.3) is 0 Å². The van der Waals surface area contributed by atoms with Crippen LogP contribution in [0, 0.1) is 0 Å². The summed E-state index contributed by atoms with van der Waals surface area (Å²) in [5.74, 6) is -1.11. The van der Waals surface area contributed by atoms with Crippen molar-refractivity contribution >= 4 is 5.97 Å². The molecule has 70 valence electrons. The van der Waals surface area contributed by atoms with Crippen molar-refractivity contribution in [3.63, 3.8) is 0 Å². The van der Waals surface area contributed by atoms with Crippen LogP contribution in [-0.2, 0) is 5.41 Å². The molecule has 0 fully saturated rings. The van der Waals surface area contributed by atoms with Gasteiger partial charge in [-0.1, -0.05) is 45.0 Å². The first kappa shape index (κ1) is 14.3. The van der Waals surface area contributed by atoms with E-state index in [-0.39, 0.29) is 62.4 Å². The number of hydrogen-bond donors (Lipinski definition) is 0. The summed E-state index contributed by atoms with van der Waals surface area (Å²) in [6.07, 6.45) is 0. The second kappa shape index (κ2) is 5.42. The molecule has 0 aliphatic heterocycles. The summed E-state index contributed by atoms with van der Waals surface area (Å²) in [6.45, 7) is 5.94. The molecule has 3 heteroatoms. The second-order valence-electron chi connectivity index (χ2n) is 4.08. The van der Waals surface area contributed by atoms with Gasteiger partial charge in [0.05, 0.1) is 5.97 Å². The Morgan fingerprint density at radius 2 is 1.71 bits per heavy atom. The molecule has 0 saturated carbocycles. The Kier molecular flexibility index (Phi) is 5.55. The van der Waals surface area contributed by atoms with Crippen LogP contribution in [-0.4, -0.2) is 5.97 Å². The van der Waals surface area contributed by atoms with Crippen molar-refractivity contribution in [2.45, 2.75) is 26.2 Å². The molecule has 0 bridgehead atoms. The van der Waals surface area contributed by atoms with Crippen molar-refractivity contribution < 1.29 is 61.3 Å². The minimum absolute atomic E-state index is 0. The molecule has 1 aromatic carbocycles. The molecular formula is C11H13KO2. The number of carboxylic acids is 1. The molecule has 2 nitrogen and oxygen atoms in total. The Bertz CT molecular complexity index is 326. The topological polar surface area (TPSA) is 40.1 Å². The van der Waals surface area contributed by atoms with E-state index in [0.29, 0.717) is 0 Å². The zero-order chi connectivity index (χ0) is 10.1. The summed E-state index contributed by atoms with van der Waals surface area (Å²) in [5.41, 5.74) is 0.946. The number of hydrogen-bond acceptors (Lipinski definition) is 2. The van der Waals surface area contributed by atoms with Crippen LogP contribution < -0.4 is 56.5 Å². The summed E-state index contributed by atoms with van der Waals surface area (Å²) >= 11 is 0. The molecule has 1 rings (SSSR count). The first-order valence-electron chi connectivity index (χ1n) is 4.24. The van der Waals surface area contributed by atoms with E-state index in [9.17, 15) is 9.90 Å². The van der Waals surface area contributed by atoms with Gasteiger partial charge in [-0.05, 0) is 11.0 Å². The third kappa shape index (κ3) is 3.48. The van der Waals surface area contributed by atoms with Crippen molar-refractivity contribution in [2.24, 2.45) is 0 Å². The van der Waals surface area contributed by atoms with Gasteiger partial charge in [0, 0.05) is 5.56 Å². The normalized spacial score (nSPS) is 10.5. The number of carbonyl (C=O) groups excluding carboxylic acids is 1. The number of carbonyl (C=O) groups is 1. The van der Waals surface area contributed by atoms with Crippen molar-refractivity contribution in [1.29, 1.82) is 0 Å². The minimum atomic E-state index is -1.11. The third-order valence-corrected chi connectivity index (χ3v) is 1.95. The molecule has 0 aliphatic carbocycles. The number of benzene rings is 1. The Hall–Kier alpha value is 0.326. The van der Waals surface area contributed by atoms with Crippen LogP contribution in [0.3, 0.4) is 0 Å². The van der Waals surface area contributed by atoms with Gasteiger partial charge in [0.2, 0.25) is 0 Å². The quantitative estimate of drug-likeness (QED) is 0.528. The molecule has 0 amide bonds. The summed E-state index contributed by atoms with van der Waals surface area (Å²) in [7, 11) is 0. The van der Waals surface area contributed by atoms with Crippen LogP contribution in [0.15, 0.2) is 24.3 Å². The van der Waals surface area contributed by atoms with Gasteiger partial charge >= 0.3 is 51.4 Å². The van der Waals surface area contributed by atoms with Crippen LogP contribution in [0.25, 0.3) is 0 Å². The predicted octanol–water partition coefficient (Wildman–Crippen LogP) is -1.65. The molecule has 0 heterocycles. The van der Waals surface area contributed by atoms with E-state index >= 15 is 0 Å². The maximum atomic E-state index is 10.8. The Balaban J connectivity index is 0.00000169. The number of aromatic carboxylic acids is 1. The minimum Gasteiger partial charge on any atom is -0.545 e. The smallest absolute Gasteiger partial charge is 0.545 e. The zero-order valence-corrected chi connectivity index (χ0v) is 12.2. The van der Waals surface area contributed by atoms with Crippen molar-refractivity contribution in [2.75, 3.05) is 0 Å². The summed E-state index contributed by atoms with van der Waals surface area (Å²) in [6, 6.07) is 6.95. The second-order valence-corrected chi connectivity index (χ2v) is 4.08. The van der Waals surface area contributed by atoms with Crippen LogP contribution >= 0.6 is 0 Å². The van der Waals surface area contributed by atoms with Gasteiger partial charge < -0.3 is 9.90 Å². The average Bonchev–Trinajstić information content (AvgIpc) is 2.03. The van der Waals surface area contributed by atoms with Crippen molar-refractivity contribution in [3.8, 4) is 0 Å². The zero-order valence-electron chi connectivity index (χ0n) is 9.13. The molecule has 0 N–H and O–H groups in total. The average molecular weight is 216 g/mol. The van der Waals surface area contributed by atoms with Gasteiger partial charge in [0.15, 0.2) is 0 Å². The molecule has 1 aromatic rings. The Morgan fingerprint density at radius 3 is 2.07 bits per heavy atom. The fourth-order valence-electron chi connectivity index (χ4n) is 1.32. The van der Waals surface area contributed by atoms with Gasteiger partial charge in [-0.2, -0.15) is 0 Å². The van der Waals surface area contributed by atoms with Crippen LogP contribution in [0.2, 0.25) is 0 Å². The molecule has 0 aromatic heterocycles. The van der Waals surface area contributed by atoms with Crippen LogP contribution in [0.5, 0.6) is 0 Å². The monoisotopic (exact) mass is 216 g/mol. The molecular weight excluding hydrogens is 203 g/mol. The summed E-state index contributed by atoms with van der Waals surface area (Å²) in [4.78, 5) is 10.8. The molecule has 0 spiro atoms. The van der Waals surface area contributed by atoms with E-state index in [1.807, 2.05) is 32.9 Å². The maximum absolute atomic E-state index is 10.8. The van der Waals surface area contributed by atoms with Gasteiger partial charge in [-0.3, -0.25) is 0 Å². The molecule has 0 radical (unpaired) electrons. The number of carboxylic acid groups (broad SMARTS) is 1. The van der Waals surface area contributed by atoms with Crippen LogP contribution in [0.1, 0.15) is 36.7 Å². The third-order valence-electron chi connectivity index (χ3n) is 1.95. The predicted molar refractivity (Wildman–Crippen MR) is 49.5 cm³/mol. The van der Waals surface area contributed by atoms with Crippen molar-refractivity contribution in [3.05, 3.63) is 35.4 Å². The largest absolute Gasteiger partial charge is 1.00 e. The standard InChI is InChI=1S/C11H14O2.K/c1-11(2,3)9-7-5-4-6-8(9)10(12)13;/h4-7H,1-3H3,(H,12,13);/q;+1/p-1. The fourth-order valence-corrected chi connectivity index (χ4v) is 1.32. The van der Waals surface area contributed by atoms with Gasteiger partial charge in [-0.25, -0.2) is 0 Å². The van der Waals surface area contributed by atoms with Crippen molar-refractivity contribution in [1.82, 2.24) is 0 Å². The Morgan fingerprint density at radius 1 is 1.21 bits per heavy atom. The molecule has 0 aliphatic rings. The van der Waals surface area contributed by atoms with Crippen LogP contribution in [0.4, 0.5) is 0 Å². The Labute approximate surface area is 127 Å². The summed E-state index contributed by atoms with van der Waals surface area (Å²) < 4.78 is 0. The van der Waals surface area contributed by atoms with E-state index in [1.165, 1.54) is 0 Å². The van der Waals surface area contributed by atoms with Gasteiger partial charge in [-0.15, -0.1) is 0 Å². The fraction of sp³-hybridized carbons (Fsp3) is 0.364. The van der Waals surface area contributed by atoms with E-state index in [0.717, 1.165) is 5.56 Å². The van der Waals surface area contributed by atoms with E-state index in [1.54, 1.807) is 12.1 Å². The van der Waals surface area contributed by atoms with E-state index < -0.39 is 5.97 Å². The number of rotatable bonds is 1. The molecule has 0 saturated heterocycles. The summed E-state index contributed by atoms with van der Waals surface area (Å²) in [5, 5.41) is 10.8.